The smallest absolute Gasteiger partial charge is 0.249 e. The summed E-state index contributed by atoms with van der Waals surface area (Å²) >= 11 is 7.80. The SMILES string of the molecule is NC(=O)c1cc(N)cc(Cl)c1SC1CCCC1. The van der Waals surface area contributed by atoms with E-state index in [-0.39, 0.29) is 0 Å². The van der Waals surface area contributed by atoms with Gasteiger partial charge in [0.05, 0.1) is 10.6 Å². The third kappa shape index (κ3) is 2.87. The minimum Gasteiger partial charge on any atom is -0.399 e. The quantitative estimate of drug-likeness (QED) is 0.830. The van der Waals surface area contributed by atoms with Crippen LogP contribution in [0.25, 0.3) is 0 Å². The molecule has 0 saturated heterocycles. The molecule has 1 aromatic carbocycles. The molecule has 1 aliphatic carbocycles. The molecular formula is C12H15ClN2OS. The maximum atomic E-state index is 11.4. The van der Waals surface area contributed by atoms with E-state index in [1.54, 1.807) is 23.9 Å². The summed E-state index contributed by atoms with van der Waals surface area (Å²) in [6.45, 7) is 0. The zero-order valence-electron chi connectivity index (χ0n) is 9.41. The maximum Gasteiger partial charge on any atom is 0.249 e. The van der Waals surface area contributed by atoms with Gasteiger partial charge in [-0.1, -0.05) is 24.4 Å². The van der Waals surface area contributed by atoms with Crippen LogP contribution in [-0.2, 0) is 0 Å². The second-order valence-electron chi connectivity index (χ2n) is 4.27. The molecule has 4 N–H and O–H groups in total. The lowest BCUT2D eigenvalue weighted by Gasteiger charge is -2.14. The molecule has 1 aliphatic rings. The van der Waals surface area contributed by atoms with Crippen LogP contribution in [0, 0.1) is 0 Å². The summed E-state index contributed by atoms with van der Waals surface area (Å²) < 4.78 is 0. The average Bonchev–Trinajstić information content (AvgIpc) is 2.74. The van der Waals surface area contributed by atoms with Gasteiger partial charge in [-0.2, -0.15) is 0 Å². The Hall–Kier alpha value is -0.870. The maximum absolute atomic E-state index is 11.4. The Kier molecular flexibility index (Phi) is 3.84. The van der Waals surface area contributed by atoms with E-state index >= 15 is 0 Å². The highest BCUT2D eigenvalue weighted by Gasteiger charge is 2.21. The monoisotopic (exact) mass is 270 g/mol. The second-order valence-corrected chi connectivity index (χ2v) is 5.99. The van der Waals surface area contributed by atoms with Gasteiger partial charge in [0.15, 0.2) is 0 Å². The molecule has 2 rings (SSSR count). The van der Waals surface area contributed by atoms with Crippen LogP contribution in [0.15, 0.2) is 17.0 Å². The van der Waals surface area contributed by atoms with Crippen LogP contribution < -0.4 is 11.5 Å². The largest absolute Gasteiger partial charge is 0.399 e. The molecule has 1 amide bonds. The fourth-order valence-electron chi connectivity index (χ4n) is 2.09. The van der Waals surface area contributed by atoms with Gasteiger partial charge in [-0.15, -0.1) is 11.8 Å². The van der Waals surface area contributed by atoms with Crippen molar-refractivity contribution in [2.24, 2.45) is 5.73 Å². The molecule has 5 heteroatoms. The predicted molar refractivity (Wildman–Crippen MR) is 72.5 cm³/mol. The van der Waals surface area contributed by atoms with Crippen LogP contribution in [0.1, 0.15) is 36.0 Å². The van der Waals surface area contributed by atoms with E-state index in [2.05, 4.69) is 0 Å². The third-order valence-corrected chi connectivity index (χ3v) is 4.81. The van der Waals surface area contributed by atoms with Crippen LogP contribution in [0.5, 0.6) is 0 Å². The number of benzene rings is 1. The van der Waals surface area contributed by atoms with E-state index in [0.29, 0.717) is 21.5 Å². The number of anilines is 1. The number of carbonyl (C=O) groups excluding carboxylic acids is 1. The Labute approximate surface area is 110 Å². The van der Waals surface area contributed by atoms with Crippen molar-refractivity contribution in [1.29, 1.82) is 0 Å². The minimum atomic E-state index is -0.473. The number of hydrogen-bond acceptors (Lipinski definition) is 3. The van der Waals surface area contributed by atoms with E-state index in [0.717, 1.165) is 4.90 Å². The van der Waals surface area contributed by atoms with Crippen molar-refractivity contribution >= 4 is 35.0 Å². The Morgan fingerprint density at radius 1 is 1.35 bits per heavy atom. The number of rotatable bonds is 3. The first-order valence-electron chi connectivity index (χ1n) is 5.63. The lowest BCUT2D eigenvalue weighted by atomic mass is 10.2. The summed E-state index contributed by atoms with van der Waals surface area (Å²) in [5.74, 6) is -0.473. The fourth-order valence-corrected chi connectivity index (χ4v) is 3.81. The van der Waals surface area contributed by atoms with E-state index < -0.39 is 5.91 Å². The molecule has 0 radical (unpaired) electrons. The summed E-state index contributed by atoms with van der Waals surface area (Å²) in [5, 5.41) is 1.06. The molecule has 0 bridgehead atoms. The van der Waals surface area contributed by atoms with Crippen LogP contribution in [0.3, 0.4) is 0 Å². The van der Waals surface area contributed by atoms with Crippen molar-refractivity contribution in [1.82, 2.24) is 0 Å². The molecule has 92 valence electrons. The first-order chi connectivity index (χ1) is 8.08. The van der Waals surface area contributed by atoms with E-state index in [9.17, 15) is 4.79 Å². The zero-order chi connectivity index (χ0) is 12.4. The lowest BCUT2D eigenvalue weighted by molar-refractivity contribution is 0.0997. The highest BCUT2D eigenvalue weighted by molar-refractivity contribution is 8.00. The van der Waals surface area contributed by atoms with Crippen molar-refractivity contribution in [3.8, 4) is 0 Å². The summed E-state index contributed by atoms with van der Waals surface area (Å²) in [4.78, 5) is 12.2. The number of nitrogens with two attached hydrogens (primary N) is 2. The second kappa shape index (κ2) is 5.19. The standard InChI is InChI=1S/C12H15ClN2OS/c13-10-6-7(14)5-9(12(15)16)11(10)17-8-3-1-2-4-8/h5-6,8H,1-4,14H2,(H2,15,16). The molecular weight excluding hydrogens is 256 g/mol. The summed E-state index contributed by atoms with van der Waals surface area (Å²) in [5.41, 5.74) is 11.9. The van der Waals surface area contributed by atoms with Crippen molar-refractivity contribution in [3.05, 3.63) is 22.7 Å². The van der Waals surface area contributed by atoms with Gasteiger partial charge in [0.1, 0.15) is 0 Å². The Bertz CT molecular complexity index is 444. The molecule has 0 aromatic heterocycles. The number of thioether (sulfide) groups is 1. The first kappa shape index (κ1) is 12.6. The highest BCUT2D eigenvalue weighted by Crippen LogP contribution is 2.40. The Morgan fingerprint density at radius 3 is 2.59 bits per heavy atom. The number of amides is 1. The first-order valence-corrected chi connectivity index (χ1v) is 6.89. The van der Waals surface area contributed by atoms with Crippen molar-refractivity contribution < 1.29 is 4.79 Å². The third-order valence-electron chi connectivity index (χ3n) is 2.92. The molecule has 0 heterocycles. The normalized spacial score (nSPS) is 16.3. The van der Waals surface area contributed by atoms with Gasteiger partial charge >= 0.3 is 0 Å². The van der Waals surface area contributed by atoms with Crippen molar-refractivity contribution in [2.75, 3.05) is 5.73 Å². The molecule has 0 aliphatic heterocycles. The molecule has 0 spiro atoms. The van der Waals surface area contributed by atoms with Gasteiger partial charge in [0, 0.05) is 15.8 Å². The number of hydrogen-bond donors (Lipinski definition) is 2. The molecule has 3 nitrogen and oxygen atoms in total. The summed E-state index contributed by atoms with van der Waals surface area (Å²) in [7, 11) is 0. The Balaban J connectivity index is 2.33. The lowest BCUT2D eigenvalue weighted by Crippen LogP contribution is -2.13. The van der Waals surface area contributed by atoms with Gasteiger partial charge < -0.3 is 11.5 Å². The average molecular weight is 271 g/mol. The number of carbonyl (C=O) groups is 1. The van der Waals surface area contributed by atoms with Crippen LogP contribution in [0.4, 0.5) is 5.69 Å². The van der Waals surface area contributed by atoms with Gasteiger partial charge in [0.25, 0.3) is 0 Å². The number of primary amides is 1. The van der Waals surface area contributed by atoms with Crippen molar-refractivity contribution in [3.63, 3.8) is 0 Å². The summed E-state index contributed by atoms with van der Waals surface area (Å²) in [6, 6.07) is 3.27. The van der Waals surface area contributed by atoms with E-state index in [4.69, 9.17) is 23.1 Å². The molecule has 1 aromatic rings. The Morgan fingerprint density at radius 2 is 2.00 bits per heavy atom. The van der Waals surface area contributed by atoms with Crippen LogP contribution in [-0.4, -0.2) is 11.2 Å². The van der Waals surface area contributed by atoms with Gasteiger partial charge in [-0.25, -0.2) is 0 Å². The van der Waals surface area contributed by atoms with Gasteiger partial charge in [0.2, 0.25) is 5.91 Å². The number of halogens is 1. The van der Waals surface area contributed by atoms with Gasteiger partial charge in [-0.05, 0) is 25.0 Å². The highest BCUT2D eigenvalue weighted by atomic mass is 35.5. The summed E-state index contributed by atoms with van der Waals surface area (Å²) in [6.07, 6.45) is 4.83. The van der Waals surface area contributed by atoms with Crippen LogP contribution in [0.2, 0.25) is 5.02 Å². The fraction of sp³-hybridized carbons (Fsp3) is 0.417. The topological polar surface area (TPSA) is 69.1 Å². The van der Waals surface area contributed by atoms with Crippen molar-refractivity contribution in [2.45, 2.75) is 35.8 Å². The van der Waals surface area contributed by atoms with E-state index in [1.165, 1.54) is 25.7 Å². The number of nitrogen functional groups attached to an aromatic ring is 1. The minimum absolute atomic E-state index is 0.437. The molecule has 1 fully saturated rings. The van der Waals surface area contributed by atoms with Gasteiger partial charge in [-0.3, -0.25) is 4.79 Å². The van der Waals surface area contributed by atoms with Crippen LogP contribution >= 0.6 is 23.4 Å². The van der Waals surface area contributed by atoms with E-state index in [1.807, 2.05) is 0 Å². The molecule has 0 unspecified atom stereocenters. The molecule has 1 saturated carbocycles. The molecule has 17 heavy (non-hydrogen) atoms. The predicted octanol–water partition coefficient (Wildman–Crippen LogP) is 3.06. The zero-order valence-corrected chi connectivity index (χ0v) is 11.0. The molecule has 0 atom stereocenters.